The minimum absolute atomic E-state index is 0.117. The Kier molecular flexibility index (Phi) is 5.44. The van der Waals surface area contributed by atoms with Crippen LogP contribution in [0.15, 0.2) is 35.5 Å². The standard InChI is InChI=1S/C13H14N4O3S/c1-2-20-12(19)8-11(18)9-21-13-14-15-16-17(13)10-6-4-3-5-7-10/h3-7H,2,8-9H2,1H3. The maximum Gasteiger partial charge on any atom is 0.313 e. The van der Waals surface area contributed by atoms with Gasteiger partial charge in [-0.1, -0.05) is 30.0 Å². The Morgan fingerprint density at radius 2 is 2.05 bits per heavy atom. The van der Waals surface area contributed by atoms with Crippen molar-refractivity contribution >= 4 is 23.5 Å². The molecule has 1 aromatic heterocycles. The number of para-hydroxylation sites is 1. The SMILES string of the molecule is CCOC(=O)CC(=O)CSc1nnnn1-c1ccccc1. The Labute approximate surface area is 125 Å². The molecule has 7 nitrogen and oxygen atoms in total. The number of carbonyl (C=O) groups excluding carboxylic acids is 2. The van der Waals surface area contributed by atoms with E-state index < -0.39 is 5.97 Å². The average molecular weight is 306 g/mol. The summed E-state index contributed by atoms with van der Waals surface area (Å²) in [4.78, 5) is 22.9. The number of Topliss-reactive ketones (excluding diaryl/α,β-unsaturated/α-hetero) is 1. The first-order valence-electron chi connectivity index (χ1n) is 6.34. The van der Waals surface area contributed by atoms with Crippen LogP contribution in [0.2, 0.25) is 0 Å². The minimum Gasteiger partial charge on any atom is -0.466 e. The van der Waals surface area contributed by atoms with Gasteiger partial charge in [-0.3, -0.25) is 9.59 Å². The lowest BCUT2D eigenvalue weighted by Gasteiger charge is -2.03. The molecule has 0 saturated carbocycles. The van der Waals surface area contributed by atoms with E-state index in [2.05, 4.69) is 15.5 Å². The van der Waals surface area contributed by atoms with Crippen molar-refractivity contribution in [3.05, 3.63) is 30.3 Å². The predicted octanol–water partition coefficient (Wildman–Crippen LogP) is 1.28. The van der Waals surface area contributed by atoms with Crippen LogP contribution in [0, 0.1) is 0 Å². The average Bonchev–Trinajstić information content (AvgIpc) is 2.94. The van der Waals surface area contributed by atoms with Gasteiger partial charge in [0.05, 0.1) is 18.0 Å². The zero-order valence-corrected chi connectivity index (χ0v) is 12.2. The lowest BCUT2D eigenvalue weighted by molar-refractivity contribution is -0.145. The molecule has 21 heavy (non-hydrogen) atoms. The molecule has 0 bridgehead atoms. The molecule has 0 saturated heterocycles. The van der Waals surface area contributed by atoms with Crippen molar-refractivity contribution in [1.82, 2.24) is 20.2 Å². The van der Waals surface area contributed by atoms with E-state index in [1.54, 1.807) is 11.6 Å². The molecule has 0 amide bonds. The van der Waals surface area contributed by atoms with Gasteiger partial charge in [0.2, 0.25) is 5.16 Å². The Hall–Kier alpha value is -2.22. The molecule has 0 N–H and O–H groups in total. The maximum atomic E-state index is 11.7. The highest BCUT2D eigenvalue weighted by Gasteiger charge is 2.14. The highest BCUT2D eigenvalue weighted by atomic mass is 32.2. The third kappa shape index (κ3) is 4.38. The van der Waals surface area contributed by atoms with Crippen LogP contribution in [0.1, 0.15) is 13.3 Å². The maximum absolute atomic E-state index is 11.7. The van der Waals surface area contributed by atoms with E-state index in [0.29, 0.717) is 5.16 Å². The second-order valence-corrected chi connectivity index (χ2v) is 4.96. The molecule has 1 heterocycles. The van der Waals surface area contributed by atoms with E-state index in [9.17, 15) is 9.59 Å². The predicted molar refractivity (Wildman–Crippen MR) is 76.1 cm³/mol. The number of hydrogen-bond donors (Lipinski definition) is 0. The molecular weight excluding hydrogens is 292 g/mol. The second-order valence-electron chi connectivity index (χ2n) is 4.02. The Morgan fingerprint density at radius 3 is 2.76 bits per heavy atom. The molecule has 8 heteroatoms. The van der Waals surface area contributed by atoms with E-state index >= 15 is 0 Å². The van der Waals surface area contributed by atoms with Crippen LogP contribution in [0.25, 0.3) is 5.69 Å². The monoisotopic (exact) mass is 306 g/mol. The molecule has 0 spiro atoms. The van der Waals surface area contributed by atoms with Crippen LogP contribution in [0.4, 0.5) is 0 Å². The fourth-order valence-electron chi connectivity index (χ4n) is 1.57. The van der Waals surface area contributed by atoms with Gasteiger partial charge in [-0.15, -0.1) is 5.10 Å². The van der Waals surface area contributed by atoms with Crippen LogP contribution >= 0.6 is 11.8 Å². The van der Waals surface area contributed by atoms with E-state index in [4.69, 9.17) is 4.74 Å². The van der Waals surface area contributed by atoms with Crippen LogP contribution in [-0.4, -0.2) is 44.3 Å². The summed E-state index contributed by atoms with van der Waals surface area (Å²) in [5.41, 5.74) is 0.808. The second kappa shape index (κ2) is 7.53. The number of esters is 1. The number of thioether (sulfide) groups is 1. The largest absolute Gasteiger partial charge is 0.466 e. The molecule has 0 aliphatic heterocycles. The Bertz CT molecular complexity index is 615. The number of nitrogens with zero attached hydrogens (tertiary/aromatic N) is 4. The fourth-order valence-corrected chi connectivity index (χ4v) is 2.32. The number of benzene rings is 1. The van der Waals surface area contributed by atoms with E-state index in [1.165, 1.54) is 11.8 Å². The summed E-state index contributed by atoms with van der Waals surface area (Å²) in [5.74, 6) is -0.613. The van der Waals surface area contributed by atoms with Crippen molar-refractivity contribution in [3.63, 3.8) is 0 Å². The smallest absolute Gasteiger partial charge is 0.313 e. The van der Waals surface area contributed by atoms with E-state index in [-0.39, 0.29) is 24.6 Å². The summed E-state index contributed by atoms with van der Waals surface area (Å²) in [6, 6.07) is 9.36. The number of carbonyl (C=O) groups is 2. The van der Waals surface area contributed by atoms with E-state index in [1.807, 2.05) is 30.3 Å². The van der Waals surface area contributed by atoms with Crippen LogP contribution in [-0.2, 0) is 14.3 Å². The molecule has 2 aromatic rings. The fraction of sp³-hybridized carbons (Fsp3) is 0.308. The number of hydrogen-bond acceptors (Lipinski definition) is 7. The number of rotatable bonds is 7. The zero-order chi connectivity index (χ0) is 15.1. The molecule has 0 aliphatic rings. The summed E-state index contributed by atoms with van der Waals surface area (Å²) in [6.45, 7) is 1.97. The molecule has 0 unspecified atom stereocenters. The van der Waals surface area contributed by atoms with Crippen LogP contribution in [0.5, 0.6) is 0 Å². The van der Waals surface area contributed by atoms with Gasteiger partial charge in [0, 0.05) is 0 Å². The Morgan fingerprint density at radius 1 is 1.29 bits per heavy atom. The molecule has 1 aromatic carbocycles. The van der Waals surface area contributed by atoms with E-state index in [0.717, 1.165) is 5.69 Å². The number of ether oxygens (including phenoxy) is 1. The third-order valence-corrected chi connectivity index (χ3v) is 3.43. The number of aromatic nitrogens is 4. The first-order valence-corrected chi connectivity index (χ1v) is 7.33. The van der Waals surface area contributed by atoms with Crippen LogP contribution < -0.4 is 0 Å². The summed E-state index contributed by atoms with van der Waals surface area (Å²) in [5, 5.41) is 11.9. The van der Waals surface area contributed by atoms with Crippen LogP contribution in [0.3, 0.4) is 0 Å². The normalized spacial score (nSPS) is 10.3. The first-order chi connectivity index (χ1) is 10.2. The lowest BCUT2D eigenvalue weighted by Crippen LogP contribution is -2.13. The summed E-state index contributed by atoms with van der Waals surface area (Å²) in [7, 11) is 0. The summed E-state index contributed by atoms with van der Waals surface area (Å²) >= 11 is 1.19. The molecule has 0 aliphatic carbocycles. The van der Waals surface area contributed by atoms with Crippen molar-refractivity contribution in [2.75, 3.05) is 12.4 Å². The van der Waals surface area contributed by atoms with Gasteiger partial charge >= 0.3 is 5.97 Å². The first kappa shape index (κ1) is 15.2. The van der Waals surface area contributed by atoms with Gasteiger partial charge in [-0.2, -0.15) is 4.68 Å². The zero-order valence-electron chi connectivity index (χ0n) is 11.4. The molecule has 0 atom stereocenters. The topological polar surface area (TPSA) is 87.0 Å². The Balaban J connectivity index is 1.94. The molecule has 0 radical (unpaired) electrons. The van der Waals surface area contributed by atoms with Gasteiger partial charge in [0.1, 0.15) is 6.42 Å². The van der Waals surface area contributed by atoms with Crippen molar-refractivity contribution in [2.45, 2.75) is 18.5 Å². The quantitative estimate of drug-likeness (QED) is 0.432. The number of tetrazole rings is 1. The van der Waals surface area contributed by atoms with Crippen molar-refractivity contribution < 1.29 is 14.3 Å². The van der Waals surface area contributed by atoms with Crippen molar-refractivity contribution in [3.8, 4) is 5.69 Å². The lowest BCUT2D eigenvalue weighted by atomic mass is 10.3. The molecule has 110 valence electrons. The van der Waals surface area contributed by atoms with Gasteiger partial charge in [0.25, 0.3) is 0 Å². The van der Waals surface area contributed by atoms with Crippen molar-refractivity contribution in [1.29, 1.82) is 0 Å². The summed E-state index contributed by atoms with van der Waals surface area (Å²) in [6.07, 6.45) is -0.228. The third-order valence-electron chi connectivity index (χ3n) is 2.45. The molecule has 2 rings (SSSR count). The van der Waals surface area contributed by atoms with Gasteiger partial charge in [-0.05, 0) is 29.5 Å². The highest BCUT2D eigenvalue weighted by Crippen LogP contribution is 2.18. The number of ketones is 1. The molecule has 0 fully saturated rings. The van der Waals surface area contributed by atoms with Gasteiger partial charge in [0.15, 0.2) is 5.78 Å². The van der Waals surface area contributed by atoms with Crippen molar-refractivity contribution in [2.24, 2.45) is 0 Å². The van der Waals surface area contributed by atoms with Gasteiger partial charge < -0.3 is 4.74 Å². The summed E-state index contributed by atoms with van der Waals surface area (Å²) < 4.78 is 6.27. The van der Waals surface area contributed by atoms with Gasteiger partial charge in [-0.25, -0.2) is 0 Å². The molecular formula is C13H14N4O3S. The minimum atomic E-state index is -0.509. The highest BCUT2D eigenvalue weighted by molar-refractivity contribution is 7.99.